The van der Waals surface area contributed by atoms with Crippen molar-refractivity contribution < 1.29 is 4.92 Å². The number of rotatable bonds is 2. The van der Waals surface area contributed by atoms with Crippen molar-refractivity contribution in [2.75, 3.05) is 0 Å². The van der Waals surface area contributed by atoms with Gasteiger partial charge in [-0.1, -0.05) is 23.6 Å². The fourth-order valence-electron chi connectivity index (χ4n) is 1.37. The van der Waals surface area contributed by atoms with Crippen molar-refractivity contribution in [2.24, 2.45) is 0 Å². The van der Waals surface area contributed by atoms with Crippen molar-refractivity contribution in [3.63, 3.8) is 0 Å². The zero-order valence-electron chi connectivity index (χ0n) is 8.61. The lowest BCUT2D eigenvalue weighted by atomic mass is 10.1. The molecule has 0 spiro atoms. The lowest BCUT2D eigenvalue weighted by Crippen LogP contribution is -2.04. The van der Waals surface area contributed by atoms with Gasteiger partial charge in [-0.2, -0.15) is 0 Å². The Kier molecular flexibility index (Phi) is 3.12. The van der Waals surface area contributed by atoms with Crippen LogP contribution in [0.4, 0.5) is 5.69 Å². The molecule has 1 aromatic carbocycles. The molecule has 4 nitrogen and oxygen atoms in total. The Morgan fingerprint density at radius 2 is 2.24 bits per heavy atom. The Morgan fingerprint density at radius 1 is 1.41 bits per heavy atom. The average Bonchev–Trinajstić information content (AvgIpc) is 2.58. The zero-order chi connectivity index (χ0) is 12.3. The van der Waals surface area contributed by atoms with Crippen molar-refractivity contribution in [3.8, 4) is 12.0 Å². The predicted octanol–water partition coefficient (Wildman–Crippen LogP) is 2.71. The van der Waals surface area contributed by atoms with Crippen LogP contribution in [0.25, 0.3) is 5.70 Å². The van der Waals surface area contributed by atoms with E-state index >= 15 is 0 Å². The van der Waals surface area contributed by atoms with E-state index in [-0.39, 0.29) is 5.69 Å². The standard InChI is InChI=1S/C12H7ClN2O2/c13-11-6-5-9(15(16)17)8-10(11)12-4-2-1-3-7-14-12/h1-2,4-6,8,14H. The van der Waals surface area contributed by atoms with Crippen LogP contribution in [0.15, 0.2) is 36.4 Å². The molecule has 1 N–H and O–H groups in total. The molecule has 1 heterocycles. The third kappa shape index (κ3) is 2.47. The minimum Gasteiger partial charge on any atom is -0.314 e. The fourth-order valence-corrected chi connectivity index (χ4v) is 1.59. The van der Waals surface area contributed by atoms with Crippen molar-refractivity contribution in [1.82, 2.24) is 5.32 Å². The van der Waals surface area contributed by atoms with E-state index in [1.54, 1.807) is 18.2 Å². The van der Waals surface area contributed by atoms with E-state index < -0.39 is 4.92 Å². The highest BCUT2D eigenvalue weighted by molar-refractivity contribution is 6.32. The van der Waals surface area contributed by atoms with Gasteiger partial charge in [0.25, 0.3) is 5.69 Å². The minimum absolute atomic E-state index is 0.00622. The van der Waals surface area contributed by atoms with Gasteiger partial charge in [0, 0.05) is 23.7 Å². The number of benzene rings is 1. The zero-order valence-corrected chi connectivity index (χ0v) is 9.36. The molecular formula is C12H7ClN2O2. The maximum absolute atomic E-state index is 10.7. The van der Waals surface area contributed by atoms with Crippen molar-refractivity contribution in [1.29, 1.82) is 0 Å². The summed E-state index contributed by atoms with van der Waals surface area (Å²) in [5.74, 6) is 2.73. The minimum atomic E-state index is -0.460. The number of allylic oxidation sites excluding steroid dienone is 3. The lowest BCUT2D eigenvalue weighted by Gasteiger charge is -2.07. The highest BCUT2D eigenvalue weighted by Crippen LogP contribution is 2.27. The molecule has 0 aliphatic carbocycles. The Bertz CT molecular complexity index is 594. The summed E-state index contributed by atoms with van der Waals surface area (Å²) in [6, 6.07) is 6.97. The van der Waals surface area contributed by atoms with Crippen LogP contribution in [0.2, 0.25) is 5.02 Å². The third-order valence-electron chi connectivity index (χ3n) is 2.16. The molecular weight excluding hydrogens is 240 g/mol. The van der Waals surface area contributed by atoms with Gasteiger partial charge < -0.3 is 5.32 Å². The van der Waals surface area contributed by atoms with Crippen LogP contribution in [-0.2, 0) is 0 Å². The molecule has 0 atom stereocenters. The van der Waals surface area contributed by atoms with Gasteiger partial charge in [0.15, 0.2) is 0 Å². The molecule has 0 saturated carbocycles. The maximum Gasteiger partial charge on any atom is 0.270 e. The average molecular weight is 247 g/mol. The molecule has 0 bridgehead atoms. The lowest BCUT2D eigenvalue weighted by molar-refractivity contribution is -0.384. The van der Waals surface area contributed by atoms with E-state index in [0.717, 1.165) is 0 Å². The van der Waals surface area contributed by atoms with Crippen LogP contribution in [0.1, 0.15) is 5.56 Å². The van der Waals surface area contributed by atoms with E-state index in [9.17, 15) is 10.1 Å². The van der Waals surface area contributed by atoms with Gasteiger partial charge in [-0.15, -0.1) is 0 Å². The molecule has 2 rings (SSSR count). The van der Waals surface area contributed by atoms with Crippen LogP contribution in [-0.4, -0.2) is 4.92 Å². The number of hydrogen-bond donors (Lipinski definition) is 1. The maximum atomic E-state index is 10.7. The summed E-state index contributed by atoms with van der Waals surface area (Å²) in [4.78, 5) is 10.2. The molecule has 0 unspecified atom stereocenters. The van der Waals surface area contributed by atoms with Gasteiger partial charge in [0.2, 0.25) is 0 Å². The van der Waals surface area contributed by atoms with E-state index in [0.29, 0.717) is 16.3 Å². The third-order valence-corrected chi connectivity index (χ3v) is 2.49. The summed E-state index contributed by atoms with van der Waals surface area (Å²) in [5, 5.41) is 14.0. The number of hydrogen-bond acceptors (Lipinski definition) is 3. The largest absolute Gasteiger partial charge is 0.314 e. The number of non-ortho nitro benzene ring substituents is 1. The number of nitro benzene ring substituents is 1. The van der Waals surface area contributed by atoms with Gasteiger partial charge >= 0.3 is 0 Å². The Hall–Kier alpha value is -2.25. The number of nitrogens with zero attached hydrogens (tertiary/aromatic N) is 1. The van der Waals surface area contributed by atoms with Crippen molar-refractivity contribution >= 4 is 23.0 Å². The normalized spacial score (nSPS) is 12.9. The summed E-state index contributed by atoms with van der Waals surface area (Å²) >= 11 is 6.01. The summed E-state index contributed by atoms with van der Waals surface area (Å²) in [7, 11) is 0. The summed E-state index contributed by atoms with van der Waals surface area (Å²) in [6.45, 7) is 0. The first-order valence-corrected chi connectivity index (χ1v) is 5.14. The molecule has 1 aromatic rings. The molecule has 0 saturated heterocycles. The monoisotopic (exact) mass is 246 g/mol. The SMILES string of the molecule is O=[N+]([O-])c1ccc(Cl)c(C2=CC=CC#CN2)c1. The van der Waals surface area contributed by atoms with Gasteiger partial charge in [-0.3, -0.25) is 10.1 Å². The van der Waals surface area contributed by atoms with Crippen LogP contribution in [0, 0.1) is 22.1 Å². The van der Waals surface area contributed by atoms with Crippen molar-refractivity contribution in [3.05, 3.63) is 57.1 Å². The summed E-state index contributed by atoms with van der Waals surface area (Å²) < 4.78 is 0. The molecule has 1 aliphatic rings. The van der Waals surface area contributed by atoms with Gasteiger partial charge in [-0.05, 0) is 18.2 Å². The smallest absolute Gasteiger partial charge is 0.270 e. The summed E-state index contributed by atoms with van der Waals surface area (Å²) in [5.41, 5.74) is 1.19. The topological polar surface area (TPSA) is 55.2 Å². The molecule has 0 aromatic heterocycles. The molecule has 0 radical (unpaired) electrons. The first-order valence-electron chi connectivity index (χ1n) is 4.76. The molecule has 0 fully saturated rings. The Morgan fingerprint density at radius 3 is 3.00 bits per heavy atom. The second-order valence-corrected chi connectivity index (χ2v) is 3.66. The van der Waals surface area contributed by atoms with E-state index in [4.69, 9.17) is 11.6 Å². The van der Waals surface area contributed by atoms with Crippen LogP contribution >= 0.6 is 11.6 Å². The number of nitrogens with one attached hydrogen (secondary N) is 1. The van der Waals surface area contributed by atoms with E-state index in [2.05, 4.69) is 17.3 Å². The van der Waals surface area contributed by atoms with Crippen LogP contribution in [0.3, 0.4) is 0 Å². The number of nitro groups is 1. The van der Waals surface area contributed by atoms with Crippen LogP contribution in [0.5, 0.6) is 0 Å². The first kappa shape index (κ1) is 11.2. The second kappa shape index (κ2) is 4.73. The van der Waals surface area contributed by atoms with Crippen molar-refractivity contribution in [2.45, 2.75) is 0 Å². The number of halogens is 1. The molecule has 0 amide bonds. The Balaban J connectivity index is 2.48. The predicted molar refractivity (Wildman–Crippen MR) is 66.1 cm³/mol. The summed E-state index contributed by atoms with van der Waals surface area (Å²) in [6.07, 6.45) is 5.17. The molecule has 1 aliphatic heterocycles. The fraction of sp³-hybridized carbons (Fsp3) is 0. The molecule has 17 heavy (non-hydrogen) atoms. The van der Waals surface area contributed by atoms with Crippen LogP contribution < -0.4 is 5.32 Å². The first-order chi connectivity index (χ1) is 8.18. The molecule has 5 heteroatoms. The van der Waals surface area contributed by atoms with Gasteiger partial charge in [0.05, 0.1) is 15.6 Å². The molecule has 84 valence electrons. The van der Waals surface area contributed by atoms with E-state index in [1.807, 2.05) is 0 Å². The highest BCUT2D eigenvalue weighted by atomic mass is 35.5. The quantitative estimate of drug-likeness (QED) is 0.496. The highest BCUT2D eigenvalue weighted by Gasteiger charge is 2.12. The van der Waals surface area contributed by atoms with Gasteiger partial charge in [-0.25, -0.2) is 0 Å². The Labute approximate surface area is 103 Å². The van der Waals surface area contributed by atoms with Gasteiger partial charge in [0.1, 0.15) is 0 Å². The second-order valence-electron chi connectivity index (χ2n) is 3.26. The van der Waals surface area contributed by atoms with E-state index in [1.165, 1.54) is 18.2 Å².